The number of nitrogens with zero attached hydrogens (tertiary/aromatic N) is 3. The quantitative estimate of drug-likeness (QED) is 0.920. The monoisotopic (exact) mass is 272 g/mol. The molecule has 1 atom stereocenters. The predicted octanol–water partition coefficient (Wildman–Crippen LogP) is 1.77. The Kier molecular flexibility index (Phi) is 4.21. The van der Waals surface area contributed by atoms with E-state index in [2.05, 4.69) is 15.3 Å². The van der Waals surface area contributed by atoms with Crippen LogP contribution in [0.1, 0.15) is 22.2 Å². The Morgan fingerprint density at radius 1 is 1.63 bits per heavy atom. The second-order valence-corrected chi connectivity index (χ2v) is 4.86. The zero-order valence-electron chi connectivity index (χ0n) is 10.3. The molecule has 2 aromatic rings. The smallest absolute Gasteiger partial charge is 0.244 e. The number of aryl methyl sites for hydroxylation is 1. The Labute approximate surface area is 114 Å². The third-order valence-corrected chi connectivity index (χ3v) is 3.49. The van der Waals surface area contributed by atoms with Crippen LogP contribution in [0, 0.1) is 18.3 Å². The van der Waals surface area contributed by atoms with Gasteiger partial charge in [0.05, 0.1) is 6.07 Å². The molecule has 0 saturated heterocycles. The van der Waals surface area contributed by atoms with Gasteiger partial charge in [-0.1, -0.05) is 6.07 Å². The van der Waals surface area contributed by atoms with Crippen LogP contribution in [0.2, 0.25) is 0 Å². The van der Waals surface area contributed by atoms with Crippen LogP contribution in [-0.4, -0.2) is 15.9 Å². The third-order valence-electron chi connectivity index (χ3n) is 2.46. The van der Waals surface area contributed by atoms with Crippen molar-refractivity contribution in [3.8, 4) is 6.07 Å². The maximum atomic E-state index is 12.0. The summed E-state index contributed by atoms with van der Waals surface area (Å²) in [7, 11) is 0. The van der Waals surface area contributed by atoms with Crippen molar-refractivity contribution in [2.75, 3.05) is 0 Å². The fourth-order valence-corrected chi connectivity index (χ4v) is 2.36. The van der Waals surface area contributed by atoms with Gasteiger partial charge >= 0.3 is 0 Å². The molecule has 0 radical (unpaired) electrons. The molecule has 0 saturated carbocycles. The molecular weight excluding hydrogens is 260 g/mol. The second-order valence-electron chi connectivity index (χ2n) is 3.97. The average molecular weight is 272 g/mol. The minimum absolute atomic E-state index is 0.333. The standard InChI is InChI=1S/C13H12N4OS/c1-9-8-19-13(17-9)11(5-14)12(18)16-7-10-3-2-4-15-6-10/h2-4,6,8,11H,7H2,1H3,(H,16,18). The molecule has 6 heteroatoms. The van der Waals surface area contributed by atoms with E-state index in [9.17, 15) is 4.79 Å². The topological polar surface area (TPSA) is 78.7 Å². The first-order chi connectivity index (χ1) is 9.20. The van der Waals surface area contributed by atoms with Gasteiger partial charge in [-0.05, 0) is 18.6 Å². The van der Waals surface area contributed by atoms with E-state index >= 15 is 0 Å². The molecule has 1 amide bonds. The Hall–Kier alpha value is -2.26. The Balaban J connectivity index is 2.00. The van der Waals surface area contributed by atoms with E-state index in [-0.39, 0.29) is 5.91 Å². The van der Waals surface area contributed by atoms with Crippen LogP contribution in [0.5, 0.6) is 0 Å². The van der Waals surface area contributed by atoms with Gasteiger partial charge in [0.25, 0.3) is 0 Å². The maximum absolute atomic E-state index is 12.0. The van der Waals surface area contributed by atoms with E-state index < -0.39 is 5.92 Å². The second kappa shape index (κ2) is 6.07. The lowest BCUT2D eigenvalue weighted by molar-refractivity contribution is -0.121. The lowest BCUT2D eigenvalue weighted by Crippen LogP contribution is -2.28. The zero-order valence-corrected chi connectivity index (χ0v) is 11.1. The number of rotatable bonds is 4. The molecule has 5 nitrogen and oxygen atoms in total. The molecule has 2 aromatic heterocycles. The van der Waals surface area contributed by atoms with Gasteiger partial charge in [0.15, 0.2) is 5.92 Å². The van der Waals surface area contributed by atoms with Gasteiger partial charge < -0.3 is 5.32 Å². The van der Waals surface area contributed by atoms with Crippen LogP contribution in [0.15, 0.2) is 29.9 Å². The number of amides is 1. The number of hydrogen-bond donors (Lipinski definition) is 1. The summed E-state index contributed by atoms with van der Waals surface area (Å²) >= 11 is 1.33. The fraction of sp³-hybridized carbons (Fsp3) is 0.231. The Morgan fingerprint density at radius 3 is 3.05 bits per heavy atom. The SMILES string of the molecule is Cc1csc(C(C#N)C(=O)NCc2cccnc2)n1. The minimum atomic E-state index is -0.852. The molecule has 96 valence electrons. The van der Waals surface area contributed by atoms with Crippen LogP contribution >= 0.6 is 11.3 Å². The highest BCUT2D eigenvalue weighted by molar-refractivity contribution is 7.09. The average Bonchev–Trinajstić information content (AvgIpc) is 2.85. The van der Waals surface area contributed by atoms with Crippen molar-refractivity contribution in [3.63, 3.8) is 0 Å². The number of pyridine rings is 1. The molecule has 0 aliphatic heterocycles. The van der Waals surface area contributed by atoms with E-state index in [1.54, 1.807) is 18.5 Å². The normalized spacial score (nSPS) is 11.6. The van der Waals surface area contributed by atoms with Crippen LogP contribution in [0.25, 0.3) is 0 Å². The van der Waals surface area contributed by atoms with E-state index in [1.165, 1.54) is 11.3 Å². The van der Waals surface area contributed by atoms with E-state index in [0.29, 0.717) is 11.6 Å². The number of nitriles is 1. The third kappa shape index (κ3) is 3.36. The lowest BCUT2D eigenvalue weighted by atomic mass is 10.1. The van der Waals surface area contributed by atoms with Crippen molar-refractivity contribution in [1.82, 2.24) is 15.3 Å². The van der Waals surface area contributed by atoms with Gasteiger partial charge in [0, 0.05) is 30.0 Å². The molecule has 2 heterocycles. The van der Waals surface area contributed by atoms with Crippen molar-refractivity contribution in [2.45, 2.75) is 19.4 Å². The van der Waals surface area contributed by atoms with Crippen molar-refractivity contribution in [3.05, 3.63) is 46.2 Å². The highest BCUT2D eigenvalue weighted by Gasteiger charge is 2.22. The summed E-state index contributed by atoms with van der Waals surface area (Å²) in [6, 6.07) is 5.65. The van der Waals surface area contributed by atoms with Crippen molar-refractivity contribution >= 4 is 17.2 Å². The molecule has 2 rings (SSSR count). The molecule has 0 fully saturated rings. The van der Waals surface area contributed by atoms with Crippen LogP contribution in [-0.2, 0) is 11.3 Å². The molecule has 0 aliphatic rings. The number of carbonyl (C=O) groups excluding carboxylic acids is 1. The number of aromatic nitrogens is 2. The van der Waals surface area contributed by atoms with Crippen molar-refractivity contribution < 1.29 is 4.79 Å². The summed E-state index contributed by atoms with van der Waals surface area (Å²) in [4.78, 5) is 20.1. The molecule has 0 aromatic carbocycles. The van der Waals surface area contributed by atoms with Gasteiger partial charge in [0.2, 0.25) is 5.91 Å². The molecular formula is C13H12N4OS. The maximum Gasteiger partial charge on any atom is 0.244 e. The minimum Gasteiger partial charge on any atom is -0.350 e. The number of carbonyl (C=O) groups is 1. The fourth-order valence-electron chi connectivity index (χ4n) is 1.52. The molecule has 0 aliphatic carbocycles. The summed E-state index contributed by atoms with van der Waals surface area (Å²) < 4.78 is 0. The predicted molar refractivity (Wildman–Crippen MR) is 71.3 cm³/mol. The summed E-state index contributed by atoms with van der Waals surface area (Å²) in [5, 5.41) is 14.2. The first kappa shape index (κ1) is 13.2. The first-order valence-corrected chi connectivity index (χ1v) is 6.57. The summed E-state index contributed by atoms with van der Waals surface area (Å²) in [5.74, 6) is -1.18. The summed E-state index contributed by atoms with van der Waals surface area (Å²) in [6.07, 6.45) is 3.34. The van der Waals surface area contributed by atoms with E-state index in [4.69, 9.17) is 5.26 Å². The molecule has 1 N–H and O–H groups in total. The highest BCUT2D eigenvalue weighted by Crippen LogP contribution is 2.19. The van der Waals surface area contributed by atoms with Gasteiger partial charge in [-0.15, -0.1) is 11.3 Å². The lowest BCUT2D eigenvalue weighted by Gasteiger charge is -2.07. The summed E-state index contributed by atoms with van der Waals surface area (Å²) in [6.45, 7) is 2.19. The van der Waals surface area contributed by atoms with E-state index in [0.717, 1.165) is 11.3 Å². The van der Waals surface area contributed by atoms with Crippen LogP contribution in [0.4, 0.5) is 0 Å². The van der Waals surface area contributed by atoms with Crippen LogP contribution in [0.3, 0.4) is 0 Å². The molecule has 0 spiro atoms. The molecule has 1 unspecified atom stereocenters. The van der Waals surface area contributed by atoms with Gasteiger partial charge in [-0.2, -0.15) is 5.26 Å². The zero-order chi connectivity index (χ0) is 13.7. The molecule has 0 bridgehead atoms. The van der Waals surface area contributed by atoms with Gasteiger partial charge in [-0.25, -0.2) is 4.98 Å². The van der Waals surface area contributed by atoms with Gasteiger partial charge in [0.1, 0.15) is 5.01 Å². The summed E-state index contributed by atoms with van der Waals surface area (Å²) in [5.41, 5.74) is 1.71. The number of thiazole rings is 1. The van der Waals surface area contributed by atoms with Crippen molar-refractivity contribution in [1.29, 1.82) is 5.26 Å². The Bertz CT molecular complexity index is 603. The van der Waals surface area contributed by atoms with Gasteiger partial charge in [-0.3, -0.25) is 9.78 Å². The number of hydrogen-bond acceptors (Lipinski definition) is 5. The van der Waals surface area contributed by atoms with E-state index in [1.807, 2.05) is 24.4 Å². The van der Waals surface area contributed by atoms with Crippen LogP contribution < -0.4 is 5.32 Å². The van der Waals surface area contributed by atoms with Crippen molar-refractivity contribution in [2.24, 2.45) is 0 Å². The highest BCUT2D eigenvalue weighted by atomic mass is 32.1. The molecule has 19 heavy (non-hydrogen) atoms. The Morgan fingerprint density at radius 2 is 2.47 bits per heavy atom. The largest absolute Gasteiger partial charge is 0.350 e. The first-order valence-electron chi connectivity index (χ1n) is 5.69. The number of nitrogens with one attached hydrogen (secondary N) is 1.